The summed E-state index contributed by atoms with van der Waals surface area (Å²) in [7, 11) is 2.15. The van der Waals surface area contributed by atoms with Crippen molar-refractivity contribution in [3.8, 4) is 0 Å². The fourth-order valence-corrected chi connectivity index (χ4v) is 3.69. The zero-order valence-electron chi connectivity index (χ0n) is 8.49. The average molecular weight is 208 g/mol. The maximum absolute atomic E-state index is 6.21. The standard InChI is InChI=1S/C11H16N2S/c1-13-4-9(12)11-8(7-2-3-7)6-14-10(11)5-13/h6-7,9H,2-5,12H2,1H3. The Bertz CT molecular complexity index is 354. The van der Waals surface area contributed by atoms with Crippen LogP contribution in [0.2, 0.25) is 0 Å². The first-order valence-electron chi connectivity index (χ1n) is 5.30. The van der Waals surface area contributed by atoms with Crippen molar-refractivity contribution in [3.05, 3.63) is 21.4 Å². The molecule has 2 heterocycles. The highest BCUT2D eigenvalue weighted by molar-refractivity contribution is 7.10. The molecule has 1 aromatic rings. The van der Waals surface area contributed by atoms with Crippen LogP contribution in [0.4, 0.5) is 0 Å². The fraction of sp³-hybridized carbons (Fsp3) is 0.636. The van der Waals surface area contributed by atoms with Gasteiger partial charge in [-0.05, 0) is 42.3 Å². The zero-order chi connectivity index (χ0) is 9.71. The first kappa shape index (κ1) is 8.89. The normalized spacial score (nSPS) is 27.7. The summed E-state index contributed by atoms with van der Waals surface area (Å²) in [6, 6.07) is 0.255. The maximum atomic E-state index is 6.21. The predicted molar refractivity (Wildman–Crippen MR) is 59.6 cm³/mol. The van der Waals surface area contributed by atoms with E-state index in [-0.39, 0.29) is 6.04 Å². The van der Waals surface area contributed by atoms with E-state index >= 15 is 0 Å². The minimum absolute atomic E-state index is 0.255. The first-order valence-corrected chi connectivity index (χ1v) is 6.18. The van der Waals surface area contributed by atoms with Gasteiger partial charge in [0, 0.05) is 24.0 Å². The Labute approximate surface area is 88.7 Å². The van der Waals surface area contributed by atoms with Gasteiger partial charge in [-0.3, -0.25) is 4.90 Å². The Balaban J connectivity index is 2.02. The molecule has 2 aliphatic rings. The molecule has 1 fully saturated rings. The molecule has 1 aliphatic carbocycles. The topological polar surface area (TPSA) is 29.3 Å². The van der Waals surface area contributed by atoms with Crippen LogP contribution in [0.15, 0.2) is 5.38 Å². The molecule has 0 radical (unpaired) electrons. The van der Waals surface area contributed by atoms with Crippen molar-refractivity contribution in [2.45, 2.75) is 31.3 Å². The van der Waals surface area contributed by atoms with Crippen LogP contribution in [-0.4, -0.2) is 18.5 Å². The summed E-state index contributed by atoms with van der Waals surface area (Å²) in [5.74, 6) is 0.851. The van der Waals surface area contributed by atoms with Crippen molar-refractivity contribution in [1.29, 1.82) is 0 Å². The minimum atomic E-state index is 0.255. The number of likely N-dealkylation sites (N-methyl/N-ethyl adjacent to an activating group) is 1. The van der Waals surface area contributed by atoms with Gasteiger partial charge in [0.15, 0.2) is 0 Å². The molecule has 76 valence electrons. The number of fused-ring (bicyclic) bond motifs is 1. The highest BCUT2D eigenvalue weighted by atomic mass is 32.1. The van der Waals surface area contributed by atoms with Crippen molar-refractivity contribution in [1.82, 2.24) is 4.90 Å². The summed E-state index contributed by atoms with van der Waals surface area (Å²) in [5, 5.41) is 2.35. The van der Waals surface area contributed by atoms with E-state index in [9.17, 15) is 0 Å². The van der Waals surface area contributed by atoms with Gasteiger partial charge in [-0.25, -0.2) is 0 Å². The van der Waals surface area contributed by atoms with Gasteiger partial charge in [-0.2, -0.15) is 0 Å². The molecule has 1 unspecified atom stereocenters. The van der Waals surface area contributed by atoms with E-state index < -0.39 is 0 Å². The summed E-state index contributed by atoms with van der Waals surface area (Å²) in [4.78, 5) is 3.83. The summed E-state index contributed by atoms with van der Waals surface area (Å²) in [6.45, 7) is 2.11. The van der Waals surface area contributed by atoms with Gasteiger partial charge in [-0.15, -0.1) is 11.3 Å². The minimum Gasteiger partial charge on any atom is -0.323 e. The van der Waals surface area contributed by atoms with Gasteiger partial charge in [-0.1, -0.05) is 0 Å². The predicted octanol–water partition coefficient (Wildman–Crippen LogP) is 2.07. The average Bonchev–Trinajstić information content (AvgIpc) is 2.87. The third kappa shape index (κ3) is 1.31. The van der Waals surface area contributed by atoms with E-state index in [1.807, 2.05) is 11.3 Å². The summed E-state index contributed by atoms with van der Waals surface area (Å²) in [5.41, 5.74) is 9.28. The Hall–Kier alpha value is -0.380. The molecule has 0 amide bonds. The number of hydrogen-bond donors (Lipinski definition) is 1. The number of nitrogens with two attached hydrogens (primary N) is 1. The van der Waals surface area contributed by atoms with Gasteiger partial charge in [0.05, 0.1) is 0 Å². The van der Waals surface area contributed by atoms with Crippen LogP contribution in [0.5, 0.6) is 0 Å². The van der Waals surface area contributed by atoms with Gasteiger partial charge < -0.3 is 5.73 Å². The quantitative estimate of drug-likeness (QED) is 0.765. The Morgan fingerprint density at radius 1 is 1.50 bits per heavy atom. The van der Waals surface area contributed by atoms with Crippen LogP contribution < -0.4 is 5.73 Å². The molecule has 3 heteroatoms. The molecule has 1 saturated carbocycles. The summed E-state index contributed by atoms with van der Waals surface area (Å²) in [6.07, 6.45) is 2.76. The molecule has 0 saturated heterocycles. The Morgan fingerprint density at radius 3 is 3.00 bits per heavy atom. The molecule has 3 rings (SSSR count). The lowest BCUT2D eigenvalue weighted by Crippen LogP contribution is -2.34. The lowest BCUT2D eigenvalue weighted by Gasteiger charge is -2.28. The fourth-order valence-electron chi connectivity index (χ4n) is 2.41. The van der Waals surface area contributed by atoms with E-state index in [4.69, 9.17) is 5.73 Å². The number of hydrogen-bond acceptors (Lipinski definition) is 3. The third-order valence-electron chi connectivity index (χ3n) is 3.25. The van der Waals surface area contributed by atoms with Crippen molar-refractivity contribution in [2.24, 2.45) is 5.73 Å². The second-order valence-electron chi connectivity index (χ2n) is 4.61. The van der Waals surface area contributed by atoms with Crippen molar-refractivity contribution >= 4 is 11.3 Å². The van der Waals surface area contributed by atoms with Crippen LogP contribution in [0, 0.1) is 0 Å². The summed E-state index contributed by atoms with van der Waals surface area (Å²) >= 11 is 1.91. The molecule has 1 aromatic heterocycles. The Kier molecular flexibility index (Phi) is 1.94. The lowest BCUT2D eigenvalue weighted by molar-refractivity contribution is 0.286. The number of nitrogens with zero attached hydrogens (tertiary/aromatic N) is 1. The SMILES string of the molecule is CN1Cc2scc(C3CC3)c2C(N)C1. The lowest BCUT2D eigenvalue weighted by atomic mass is 9.97. The number of thiophene rings is 1. The molecule has 0 spiro atoms. The van der Waals surface area contributed by atoms with Crippen molar-refractivity contribution in [2.75, 3.05) is 13.6 Å². The van der Waals surface area contributed by atoms with Crippen LogP contribution in [-0.2, 0) is 6.54 Å². The molecule has 1 aliphatic heterocycles. The smallest absolute Gasteiger partial charge is 0.0438 e. The van der Waals surface area contributed by atoms with Crippen LogP contribution in [0.3, 0.4) is 0 Å². The molecule has 2 N–H and O–H groups in total. The zero-order valence-corrected chi connectivity index (χ0v) is 9.31. The monoisotopic (exact) mass is 208 g/mol. The maximum Gasteiger partial charge on any atom is 0.0438 e. The number of rotatable bonds is 1. The van der Waals surface area contributed by atoms with E-state index in [0.717, 1.165) is 19.0 Å². The van der Waals surface area contributed by atoms with Gasteiger partial charge >= 0.3 is 0 Å². The van der Waals surface area contributed by atoms with Crippen LogP contribution in [0.25, 0.3) is 0 Å². The van der Waals surface area contributed by atoms with Crippen molar-refractivity contribution < 1.29 is 0 Å². The second kappa shape index (κ2) is 3.05. The highest BCUT2D eigenvalue weighted by Gasteiger charge is 2.32. The van der Waals surface area contributed by atoms with Gasteiger partial charge in [0.25, 0.3) is 0 Å². The van der Waals surface area contributed by atoms with E-state index in [1.54, 1.807) is 5.56 Å². The first-order chi connectivity index (χ1) is 6.75. The molecule has 0 bridgehead atoms. The summed E-state index contributed by atoms with van der Waals surface area (Å²) < 4.78 is 0. The second-order valence-corrected chi connectivity index (χ2v) is 5.57. The van der Waals surface area contributed by atoms with Gasteiger partial charge in [0.2, 0.25) is 0 Å². The van der Waals surface area contributed by atoms with Crippen molar-refractivity contribution in [3.63, 3.8) is 0 Å². The molecular formula is C11H16N2S. The molecule has 1 atom stereocenters. The van der Waals surface area contributed by atoms with Crippen LogP contribution in [0.1, 0.15) is 40.8 Å². The van der Waals surface area contributed by atoms with Crippen LogP contribution >= 0.6 is 11.3 Å². The molecule has 14 heavy (non-hydrogen) atoms. The van der Waals surface area contributed by atoms with Gasteiger partial charge in [0.1, 0.15) is 0 Å². The molecular weight excluding hydrogens is 192 g/mol. The molecule has 0 aromatic carbocycles. The third-order valence-corrected chi connectivity index (χ3v) is 4.25. The van der Waals surface area contributed by atoms with E-state index in [0.29, 0.717) is 0 Å². The molecule has 2 nitrogen and oxygen atoms in total. The largest absolute Gasteiger partial charge is 0.323 e. The Morgan fingerprint density at radius 2 is 2.29 bits per heavy atom. The van der Waals surface area contributed by atoms with E-state index in [1.165, 1.54) is 23.3 Å². The highest BCUT2D eigenvalue weighted by Crippen LogP contribution is 2.46. The van der Waals surface area contributed by atoms with E-state index in [2.05, 4.69) is 17.3 Å².